The fourth-order valence-corrected chi connectivity index (χ4v) is 25.8. The van der Waals surface area contributed by atoms with E-state index in [1.807, 2.05) is 67.2 Å². The normalized spacial score (nSPS) is 30.3. The predicted octanol–water partition coefficient (Wildman–Crippen LogP) is 13.0. The topological polar surface area (TPSA) is 418 Å². The number of rotatable bonds is 16. The van der Waals surface area contributed by atoms with E-state index in [4.69, 9.17) is 30.8 Å². The molecule has 0 aromatic rings. The van der Waals surface area contributed by atoms with Crippen LogP contribution in [-0.2, 0) is 52.6 Å². The lowest BCUT2D eigenvalue weighted by Crippen LogP contribution is -2.57. The van der Waals surface area contributed by atoms with Crippen molar-refractivity contribution in [3.8, 4) is 0 Å². The van der Waals surface area contributed by atoms with Crippen molar-refractivity contribution in [2.24, 2.45) is 104 Å². The maximum Gasteiger partial charge on any atom is 0.408 e. The number of nitrogens with zero attached hydrogens (tertiary/aromatic N) is 3. The Balaban J connectivity index is 0.000000180. The number of fused-ring (bicyclic) bond motifs is 4. The van der Waals surface area contributed by atoms with E-state index in [1.165, 1.54) is 62.7 Å². The van der Waals surface area contributed by atoms with Crippen LogP contribution in [0.4, 0.5) is 14.4 Å². The van der Waals surface area contributed by atoms with Crippen molar-refractivity contribution in [2.75, 3.05) is 39.4 Å². The quantitative estimate of drug-likeness (QED) is 0.0505. The molecule has 0 radical (unpaired) electrons. The molecule has 700 valence electrons. The molecule has 13 aliphatic rings. The van der Waals surface area contributed by atoms with Gasteiger partial charge in [0.15, 0.2) is 0 Å². The van der Waals surface area contributed by atoms with Crippen molar-refractivity contribution in [1.29, 1.82) is 0 Å². The van der Waals surface area contributed by atoms with Crippen LogP contribution in [0.1, 0.15) is 329 Å². The molecule has 8 spiro atoms. The number of likely N-dealkylation sites (tertiary alicyclic amines) is 3. The second kappa shape index (κ2) is 33.3. The van der Waals surface area contributed by atoms with Gasteiger partial charge in [0.05, 0.1) is 31.3 Å². The highest BCUT2D eigenvalue weighted by Gasteiger charge is 2.88. The number of carbonyl (C=O) groups excluding carboxylic acids is 9. The minimum Gasteiger partial charge on any atom is -0.480 e. The van der Waals surface area contributed by atoms with Crippen molar-refractivity contribution in [1.82, 2.24) is 41.3 Å². The number of nitrogens with one attached hydrogen (secondary N) is 5. The number of carbonyl (C=O) groups is 11. The van der Waals surface area contributed by atoms with Gasteiger partial charge in [-0.15, -0.1) is 0 Å². The summed E-state index contributed by atoms with van der Waals surface area (Å²) in [5.74, 6) is -4.59. The Morgan fingerprint density at radius 3 is 1.05 bits per heavy atom. The number of amides is 8. The van der Waals surface area contributed by atoms with Crippen LogP contribution in [0.25, 0.3) is 0 Å². The van der Waals surface area contributed by atoms with Crippen LogP contribution < -0.4 is 38.1 Å². The molecular formula is C95H162N10O18. The average Bonchev–Trinajstić information content (AvgIpc) is 1.47. The fourth-order valence-electron chi connectivity index (χ4n) is 25.8. The molecule has 0 aromatic carbocycles. The third-order valence-electron chi connectivity index (χ3n) is 34.3. The van der Waals surface area contributed by atoms with Crippen molar-refractivity contribution in [3.63, 3.8) is 0 Å². The number of carboxylic acid groups (broad SMARTS) is 2. The molecule has 8 amide bonds. The van der Waals surface area contributed by atoms with Gasteiger partial charge in [-0.1, -0.05) is 183 Å². The van der Waals surface area contributed by atoms with Crippen molar-refractivity contribution >= 4 is 65.5 Å². The van der Waals surface area contributed by atoms with Gasteiger partial charge in [-0.05, 0) is 222 Å². The van der Waals surface area contributed by atoms with Gasteiger partial charge in [-0.2, -0.15) is 0 Å². The van der Waals surface area contributed by atoms with Crippen LogP contribution in [0.5, 0.6) is 0 Å². The van der Waals surface area contributed by atoms with Crippen molar-refractivity contribution in [3.05, 3.63) is 0 Å². The minimum absolute atomic E-state index is 0.0246. The number of hydrogen-bond donors (Lipinski definition) is 11. The molecule has 4 heterocycles. The predicted molar refractivity (Wildman–Crippen MR) is 470 cm³/mol. The zero-order chi connectivity index (χ0) is 93.4. The standard InChI is InChI=1S/C26H42N4O4.C23H38N2O5.C23H40N2O4.C12H21NO.C11H21NO4/c1-23(2,3)19(27)22(34)30-14-26(24(4,5)25(26)10-7-11-25)13-17(30)21(33)29-16(18(31)20(28)32)12-15-8-6-9-15;1-19(2,3)15(24-18(29)30-20(4,5)6)16(26)25-13-23(12-14(25)17(27)28)21(7,8)22(23)10-9-11-22;1-19(2,3)16(24-18(28)29-20(4,5)6)17(27)25-14-23(12-15(25)13-26)21(7,8)22(23)10-9-11-22;1-10(2)11(4-3-5-11)12(10)6-9(7-14)13-8-12;1-10(2,3)7(8(13)14)12-9(15)16-11(4,5)6/h15-17,19H,6-14,27H2,1-5H3,(H2,28,32)(H,29,33);14-15H,9-13H2,1-8H3,(H,24,29)(H,27,28);15-16,26H,9-14H2,1-8H3,(H,24,28);9,13-14H,3-8H2,1-2H3;7H,1-6H3,(H,12,15)(H,13,14)/t16?,17-,19+,26+;14-,15+,23+;15-,16+,23+;9-,12+;7-/m00001/s1. The smallest absolute Gasteiger partial charge is 0.408 e. The Kier molecular flexibility index (Phi) is 27.2. The Hall–Kier alpha value is -6.39. The Morgan fingerprint density at radius 1 is 0.423 bits per heavy atom. The first-order valence-electron chi connectivity index (χ1n) is 46.0. The molecule has 13 fully saturated rings. The number of Topliss-reactive ketones (excluding diaryl/α,β-unsaturated/α-hetero) is 1. The molecule has 13 atom stereocenters. The Morgan fingerprint density at radius 2 is 0.764 bits per heavy atom. The van der Waals surface area contributed by atoms with Gasteiger partial charge in [0.2, 0.25) is 29.4 Å². The van der Waals surface area contributed by atoms with Gasteiger partial charge in [0.1, 0.15) is 47.0 Å². The number of ether oxygens (including phenoxy) is 3. The van der Waals surface area contributed by atoms with E-state index in [9.17, 15) is 68.1 Å². The first-order valence-corrected chi connectivity index (χ1v) is 46.0. The van der Waals surface area contributed by atoms with E-state index in [0.717, 1.165) is 57.9 Å². The summed E-state index contributed by atoms with van der Waals surface area (Å²) in [4.78, 5) is 143. The Labute approximate surface area is 734 Å². The number of primary amides is 1. The molecule has 13 rings (SSSR count). The van der Waals surface area contributed by atoms with Gasteiger partial charge < -0.3 is 87.4 Å². The highest BCUT2D eigenvalue weighted by atomic mass is 16.6. The third-order valence-corrected chi connectivity index (χ3v) is 34.3. The van der Waals surface area contributed by atoms with Crippen LogP contribution in [0, 0.1) is 92.6 Å². The molecule has 123 heavy (non-hydrogen) atoms. The van der Waals surface area contributed by atoms with Crippen LogP contribution >= 0.6 is 0 Å². The van der Waals surface area contributed by atoms with Gasteiger partial charge >= 0.3 is 30.2 Å². The summed E-state index contributed by atoms with van der Waals surface area (Å²) in [6.45, 7) is 59.8. The number of aliphatic hydroxyl groups excluding tert-OH is 2. The largest absolute Gasteiger partial charge is 0.480 e. The highest BCUT2D eigenvalue weighted by Crippen LogP contribution is 2.91. The zero-order valence-electron chi connectivity index (χ0n) is 80.7. The van der Waals surface area contributed by atoms with Gasteiger partial charge in [-0.25, -0.2) is 24.0 Å². The van der Waals surface area contributed by atoms with Gasteiger partial charge in [-0.3, -0.25) is 28.8 Å². The van der Waals surface area contributed by atoms with E-state index in [-0.39, 0.29) is 79.6 Å². The van der Waals surface area contributed by atoms with Crippen molar-refractivity contribution in [2.45, 2.75) is 400 Å². The molecule has 9 saturated carbocycles. The first kappa shape index (κ1) is 100. The molecular weight excluding hydrogens is 1570 g/mol. The summed E-state index contributed by atoms with van der Waals surface area (Å²) in [7, 11) is 0. The Bertz CT molecular complexity index is 4010. The molecule has 28 heteroatoms. The van der Waals surface area contributed by atoms with E-state index in [2.05, 4.69) is 82.0 Å². The average molecular weight is 1730 g/mol. The molecule has 0 aromatic heterocycles. The minimum atomic E-state index is -1.07. The lowest BCUT2D eigenvalue weighted by molar-refractivity contribution is -0.150. The van der Waals surface area contributed by atoms with Crippen LogP contribution in [0.15, 0.2) is 0 Å². The second-order valence-corrected chi connectivity index (χ2v) is 49.1. The maximum atomic E-state index is 13.7. The molecule has 4 aliphatic heterocycles. The van der Waals surface area contributed by atoms with Gasteiger partial charge in [0.25, 0.3) is 5.91 Å². The molecule has 1 unspecified atom stereocenters. The third kappa shape index (κ3) is 17.5. The van der Waals surface area contributed by atoms with Gasteiger partial charge in [0, 0.05) is 48.5 Å². The van der Waals surface area contributed by atoms with Crippen molar-refractivity contribution < 1.29 is 87.4 Å². The SMILES string of the molecule is CC(C)(C)OC(=O)N[C@H](C(=O)N1C[C@]2(C[C@H]1C(=O)O)C(C)(C)C21CCC1)C(C)(C)C.CC(C)(C)OC(=O)N[C@H](C(=O)N1C[C@]2(C[C@H]1CO)C(C)(C)C21CCC1)C(C)(C)C.CC(C)(C)OC(=O)N[C@H](C(=O)O)C(C)(C)C.CC(C)(C)[C@H](N)C(=O)N1C[C@]2(C[C@H]1C(=O)NC(CC1CCC1)C(=O)C(N)=O)C(C)(C)C21CCC1.CC1(C)C2(CCC2)[C@]12CN[C@H](CO)C2. The molecule has 9 aliphatic carbocycles. The summed E-state index contributed by atoms with van der Waals surface area (Å²) >= 11 is 0. The molecule has 28 nitrogen and oxygen atoms in total. The second-order valence-electron chi connectivity index (χ2n) is 49.1. The summed E-state index contributed by atoms with van der Waals surface area (Å²) in [5, 5.41) is 52.4. The number of carboxylic acids is 2. The summed E-state index contributed by atoms with van der Waals surface area (Å²) in [6, 6.07) is -5.61. The molecule has 13 N–H and O–H groups in total. The van der Waals surface area contributed by atoms with E-state index in [0.29, 0.717) is 79.1 Å². The maximum absolute atomic E-state index is 13.7. The number of nitrogens with two attached hydrogens (primary N) is 2. The number of hydrogen-bond acceptors (Lipinski definition) is 18. The molecule has 0 bridgehead atoms. The number of alkyl carbamates (subject to hydrolysis) is 3. The summed E-state index contributed by atoms with van der Waals surface area (Å²) in [6.07, 6.45) is 19.4. The number of ketones is 1. The summed E-state index contributed by atoms with van der Waals surface area (Å²) < 4.78 is 15.8. The lowest BCUT2D eigenvalue weighted by Gasteiger charge is -2.36. The van der Waals surface area contributed by atoms with E-state index >= 15 is 0 Å². The fraction of sp³-hybridized carbons (Fsp3) is 0.884. The van der Waals surface area contributed by atoms with E-state index < -0.39 is 123 Å². The lowest BCUT2D eigenvalue weighted by atomic mass is 9.73. The van der Waals surface area contributed by atoms with E-state index in [1.54, 1.807) is 88.0 Å². The van der Waals surface area contributed by atoms with Crippen LogP contribution in [0.3, 0.4) is 0 Å². The van der Waals surface area contributed by atoms with Crippen LogP contribution in [0.2, 0.25) is 0 Å². The summed E-state index contributed by atoms with van der Waals surface area (Å²) in [5.41, 5.74) is 10.0. The molecule has 4 saturated heterocycles. The monoisotopic (exact) mass is 1730 g/mol. The number of aliphatic hydroxyl groups is 2. The zero-order valence-corrected chi connectivity index (χ0v) is 80.7. The first-order chi connectivity index (χ1) is 55.8. The number of aliphatic carboxylic acids is 2. The van der Waals surface area contributed by atoms with Crippen LogP contribution in [-0.4, -0.2) is 211 Å². The highest BCUT2D eigenvalue weighted by molar-refractivity contribution is 6.37.